The van der Waals surface area contributed by atoms with Crippen molar-refractivity contribution in [3.63, 3.8) is 0 Å². The summed E-state index contributed by atoms with van der Waals surface area (Å²) in [6.07, 6.45) is 8.30. The van der Waals surface area contributed by atoms with E-state index in [0.717, 1.165) is 38.7 Å². The van der Waals surface area contributed by atoms with E-state index in [1.54, 1.807) is 4.90 Å². The van der Waals surface area contributed by atoms with Gasteiger partial charge in [-0.15, -0.1) is 0 Å². The fraction of sp³-hybridized carbons (Fsp3) is 0.857. The Hall–Kier alpha value is -1.08. The highest BCUT2D eigenvalue weighted by Gasteiger charge is 2.27. The summed E-state index contributed by atoms with van der Waals surface area (Å²) in [6, 6.07) is 2.43. The molecule has 0 N–H and O–H groups in total. The Morgan fingerprint density at radius 2 is 2.06 bits per heavy atom. The molecule has 1 saturated carbocycles. The van der Waals surface area contributed by atoms with Gasteiger partial charge in [0, 0.05) is 19.1 Å². The van der Waals surface area contributed by atoms with E-state index in [1.165, 1.54) is 12.8 Å². The topological polar surface area (TPSA) is 53.3 Å². The minimum absolute atomic E-state index is 0.138. The number of amides is 1. The van der Waals surface area contributed by atoms with Crippen molar-refractivity contribution in [2.24, 2.45) is 0 Å². The van der Waals surface area contributed by atoms with Crippen LogP contribution in [0.15, 0.2) is 0 Å². The first-order chi connectivity index (χ1) is 8.81. The van der Waals surface area contributed by atoms with Gasteiger partial charge >= 0.3 is 0 Å². The van der Waals surface area contributed by atoms with Crippen LogP contribution in [0, 0.1) is 11.3 Å². The van der Waals surface area contributed by atoms with Crippen LogP contribution in [-0.4, -0.2) is 36.1 Å². The lowest BCUT2D eigenvalue weighted by Crippen LogP contribution is -2.39. The van der Waals surface area contributed by atoms with Gasteiger partial charge in [0.25, 0.3) is 0 Å². The van der Waals surface area contributed by atoms with Crippen LogP contribution in [-0.2, 0) is 9.53 Å². The van der Waals surface area contributed by atoms with Crippen molar-refractivity contribution in [3.05, 3.63) is 0 Å². The Balaban J connectivity index is 1.81. The molecule has 1 heterocycles. The summed E-state index contributed by atoms with van der Waals surface area (Å²) >= 11 is 0. The first kappa shape index (κ1) is 13.4. The number of ether oxygens (including phenoxy) is 1. The minimum Gasteiger partial charge on any atom is -0.378 e. The van der Waals surface area contributed by atoms with E-state index in [-0.39, 0.29) is 18.6 Å². The molecule has 0 radical (unpaired) electrons. The summed E-state index contributed by atoms with van der Waals surface area (Å²) in [5.74, 6) is 0.138. The maximum atomic E-state index is 12.2. The molecule has 0 aromatic heterocycles. The lowest BCUT2D eigenvalue weighted by Gasteiger charge is -2.26. The Bertz CT molecular complexity index is 312. The van der Waals surface area contributed by atoms with Crippen molar-refractivity contribution < 1.29 is 9.53 Å². The Kier molecular flexibility index (Phi) is 5.00. The van der Waals surface area contributed by atoms with Gasteiger partial charge in [0.2, 0.25) is 5.91 Å². The van der Waals surface area contributed by atoms with Crippen LogP contribution in [0.3, 0.4) is 0 Å². The number of carbonyl (C=O) groups is 1. The maximum Gasteiger partial charge on any atom is 0.223 e. The number of carbonyl (C=O) groups excluding carboxylic acids is 1. The molecule has 0 aromatic rings. The van der Waals surface area contributed by atoms with E-state index in [0.29, 0.717) is 12.5 Å². The second-order valence-corrected chi connectivity index (χ2v) is 5.29. The zero-order chi connectivity index (χ0) is 12.8. The number of nitriles is 1. The predicted molar refractivity (Wildman–Crippen MR) is 67.8 cm³/mol. The number of hydrogen-bond acceptors (Lipinski definition) is 3. The molecule has 1 saturated heterocycles. The molecule has 4 heteroatoms. The fourth-order valence-corrected chi connectivity index (χ4v) is 3.01. The molecule has 1 unspecified atom stereocenters. The van der Waals surface area contributed by atoms with Crippen LogP contribution in [0.25, 0.3) is 0 Å². The van der Waals surface area contributed by atoms with Gasteiger partial charge in [0.1, 0.15) is 6.54 Å². The lowest BCUT2D eigenvalue weighted by molar-refractivity contribution is -0.133. The van der Waals surface area contributed by atoms with Crippen molar-refractivity contribution in [3.8, 4) is 6.07 Å². The SMILES string of the molecule is N#CCN(C(=O)CCC1CCCO1)C1CCCC1. The maximum absolute atomic E-state index is 12.2. The molecule has 0 aromatic carbocycles. The summed E-state index contributed by atoms with van der Waals surface area (Å²) in [4.78, 5) is 14.0. The molecule has 100 valence electrons. The van der Waals surface area contributed by atoms with Crippen molar-refractivity contribution in [2.45, 2.75) is 63.5 Å². The molecule has 2 fully saturated rings. The van der Waals surface area contributed by atoms with Gasteiger partial charge in [-0.1, -0.05) is 12.8 Å². The number of hydrogen-bond donors (Lipinski definition) is 0. The Morgan fingerprint density at radius 3 is 2.67 bits per heavy atom. The zero-order valence-electron chi connectivity index (χ0n) is 10.9. The molecule has 18 heavy (non-hydrogen) atoms. The van der Waals surface area contributed by atoms with Gasteiger partial charge in [0.05, 0.1) is 12.2 Å². The number of rotatable bonds is 5. The van der Waals surface area contributed by atoms with Crippen LogP contribution in [0.2, 0.25) is 0 Å². The van der Waals surface area contributed by atoms with Crippen LogP contribution >= 0.6 is 0 Å². The summed E-state index contributed by atoms with van der Waals surface area (Å²) in [5, 5.41) is 8.86. The van der Waals surface area contributed by atoms with E-state index in [4.69, 9.17) is 10.00 Å². The molecular formula is C14H22N2O2. The van der Waals surface area contributed by atoms with E-state index in [9.17, 15) is 4.79 Å². The highest BCUT2D eigenvalue weighted by atomic mass is 16.5. The predicted octanol–water partition coefficient (Wildman–Crippen LogP) is 2.24. The third-order valence-corrected chi connectivity index (χ3v) is 4.03. The van der Waals surface area contributed by atoms with E-state index in [2.05, 4.69) is 6.07 Å². The highest BCUT2D eigenvalue weighted by Crippen LogP contribution is 2.25. The molecule has 2 aliphatic rings. The van der Waals surface area contributed by atoms with Crippen molar-refractivity contribution in [2.75, 3.05) is 13.2 Å². The van der Waals surface area contributed by atoms with Gasteiger partial charge in [-0.25, -0.2) is 0 Å². The first-order valence-corrected chi connectivity index (χ1v) is 7.09. The quantitative estimate of drug-likeness (QED) is 0.703. The van der Waals surface area contributed by atoms with E-state index in [1.807, 2.05) is 0 Å². The average molecular weight is 250 g/mol. The monoisotopic (exact) mass is 250 g/mol. The molecule has 1 aliphatic heterocycles. The van der Waals surface area contributed by atoms with E-state index < -0.39 is 0 Å². The van der Waals surface area contributed by atoms with Crippen LogP contribution in [0.5, 0.6) is 0 Å². The van der Waals surface area contributed by atoms with Crippen molar-refractivity contribution in [1.29, 1.82) is 5.26 Å². The van der Waals surface area contributed by atoms with Crippen LogP contribution in [0.4, 0.5) is 0 Å². The van der Waals surface area contributed by atoms with Crippen LogP contribution in [0.1, 0.15) is 51.4 Å². The Morgan fingerprint density at radius 1 is 1.28 bits per heavy atom. The van der Waals surface area contributed by atoms with Crippen molar-refractivity contribution in [1.82, 2.24) is 4.90 Å². The second kappa shape index (κ2) is 6.75. The smallest absolute Gasteiger partial charge is 0.223 e. The third-order valence-electron chi connectivity index (χ3n) is 4.03. The zero-order valence-corrected chi connectivity index (χ0v) is 10.9. The molecule has 1 amide bonds. The minimum atomic E-state index is 0.138. The first-order valence-electron chi connectivity index (χ1n) is 7.09. The molecule has 0 spiro atoms. The van der Waals surface area contributed by atoms with E-state index >= 15 is 0 Å². The largest absolute Gasteiger partial charge is 0.378 e. The van der Waals surface area contributed by atoms with Gasteiger partial charge < -0.3 is 9.64 Å². The van der Waals surface area contributed by atoms with Gasteiger partial charge in [-0.2, -0.15) is 5.26 Å². The molecule has 4 nitrogen and oxygen atoms in total. The normalized spacial score (nSPS) is 24.1. The van der Waals surface area contributed by atoms with Crippen LogP contribution < -0.4 is 0 Å². The third kappa shape index (κ3) is 3.46. The molecule has 1 atom stereocenters. The summed E-state index contributed by atoms with van der Waals surface area (Å²) in [7, 11) is 0. The van der Waals surface area contributed by atoms with Crippen molar-refractivity contribution >= 4 is 5.91 Å². The average Bonchev–Trinajstić information content (AvgIpc) is 3.05. The molecular weight excluding hydrogens is 228 g/mol. The summed E-state index contributed by atoms with van der Waals surface area (Å²) in [5.41, 5.74) is 0. The summed E-state index contributed by atoms with van der Waals surface area (Å²) < 4.78 is 5.53. The van der Waals surface area contributed by atoms with Gasteiger partial charge in [-0.05, 0) is 32.1 Å². The van der Waals surface area contributed by atoms with Gasteiger partial charge in [-0.3, -0.25) is 4.79 Å². The molecule has 1 aliphatic carbocycles. The Labute approximate surface area is 109 Å². The highest BCUT2D eigenvalue weighted by molar-refractivity contribution is 5.76. The fourth-order valence-electron chi connectivity index (χ4n) is 3.01. The standard InChI is InChI=1S/C14H22N2O2/c15-9-10-16(12-4-1-2-5-12)14(17)8-7-13-6-3-11-18-13/h12-13H,1-8,10-11H2. The summed E-state index contributed by atoms with van der Waals surface area (Å²) in [6.45, 7) is 1.08. The molecule has 0 bridgehead atoms. The molecule has 2 rings (SSSR count). The second-order valence-electron chi connectivity index (χ2n) is 5.29. The lowest BCUT2D eigenvalue weighted by atomic mass is 10.1. The van der Waals surface area contributed by atoms with Gasteiger partial charge in [0.15, 0.2) is 0 Å². The number of nitrogens with zero attached hydrogens (tertiary/aromatic N) is 2.